The van der Waals surface area contributed by atoms with Gasteiger partial charge >= 0.3 is 0 Å². The van der Waals surface area contributed by atoms with Gasteiger partial charge in [-0.05, 0) is 37.6 Å². The van der Waals surface area contributed by atoms with Crippen LogP contribution in [0.25, 0.3) is 0 Å². The van der Waals surface area contributed by atoms with Crippen LogP contribution < -0.4 is 11.1 Å². The largest absolute Gasteiger partial charge is 0.328 e. The summed E-state index contributed by atoms with van der Waals surface area (Å²) in [4.78, 5) is 0. The maximum absolute atomic E-state index is 5.79. The van der Waals surface area contributed by atoms with Crippen molar-refractivity contribution in [2.24, 2.45) is 17.1 Å². The lowest BCUT2D eigenvalue weighted by Gasteiger charge is -2.39. The minimum absolute atomic E-state index is 0.307. The number of hydrogen-bond acceptors (Lipinski definition) is 2. The van der Waals surface area contributed by atoms with E-state index in [1.165, 1.54) is 25.8 Å². The average molecular weight is 184 g/mol. The van der Waals surface area contributed by atoms with Crippen LogP contribution in [-0.4, -0.2) is 19.1 Å². The molecule has 0 radical (unpaired) electrons. The van der Waals surface area contributed by atoms with Gasteiger partial charge in [-0.2, -0.15) is 0 Å². The van der Waals surface area contributed by atoms with Gasteiger partial charge in [-0.25, -0.2) is 0 Å². The van der Waals surface area contributed by atoms with Crippen LogP contribution in [0.2, 0.25) is 0 Å². The van der Waals surface area contributed by atoms with Gasteiger partial charge in [0.05, 0.1) is 0 Å². The third-order valence-corrected chi connectivity index (χ3v) is 3.48. The van der Waals surface area contributed by atoms with E-state index >= 15 is 0 Å². The Bertz CT molecular complexity index is 150. The molecule has 3 N–H and O–H groups in total. The molecule has 2 heteroatoms. The Kier molecular flexibility index (Phi) is 3.74. The van der Waals surface area contributed by atoms with Crippen LogP contribution in [0.1, 0.15) is 40.0 Å². The second-order valence-corrected chi connectivity index (χ2v) is 5.13. The number of rotatable bonds is 5. The predicted molar refractivity (Wildman–Crippen MR) is 57.6 cm³/mol. The Balaban J connectivity index is 2.06. The normalized spacial score (nSPS) is 24.9. The molecule has 0 amide bonds. The molecule has 1 aliphatic carbocycles. The van der Waals surface area contributed by atoms with Crippen LogP contribution in [0.5, 0.6) is 0 Å². The van der Waals surface area contributed by atoms with Gasteiger partial charge in [-0.15, -0.1) is 0 Å². The molecule has 2 unspecified atom stereocenters. The molecule has 0 aliphatic heterocycles. The summed E-state index contributed by atoms with van der Waals surface area (Å²) in [5, 5.41) is 3.53. The minimum atomic E-state index is 0.307. The lowest BCUT2D eigenvalue weighted by atomic mass is 9.70. The van der Waals surface area contributed by atoms with E-state index in [4.69, 9.17) is 5.73 Å². The van der Waals surface area contributed by atoms with E-state index in [-0.39, 0.29) is 0 Å². The highest BCUT2D eigenvalue weighted by atomic mass is 14.9. The Morgan fingerprint density at radius 3 is 2.38 bits per heavy atom. The molecule has 0 heterocycles. The quantitative estimate of drug-likeness (QED) is 0.683. The van der Waals surface area contributed by atoms with Crippen molar-refractivity contribution in [1.82, 2.24) is 5.32 Å². The van der Waals surface area contributed by atoms with Gasteiger partial charge in [0.2, 0.25) is 0 Å². The van der Waals surface area contributed by atoms with Gasteiger partial charge < -0.3 is 11.1 Å². The molecule has 0 saturated heterocycles. The SMILES string of the molecule is CC(N)C(C)CNCC1(C)CCC1. The second-order valence-electron chi connectivity index (χ2n) is 5.13. The summed E-state index contributed by atoms with van der Waals surface area (Å²) in [6, 6.07) is 0.307. The smallest absolute Gasteiger partial charge is 0.00482 e. The first-order valence-electron chi connectivity index (χ1n) is 5.50. The van der Waals surface area contributed by atoms with E-state index < -0.39 is 0 Å². The van der Waals surface area contributed by atoms with Crippen LogP contribution in [0.15, 0.2) is 0 Å². The number of nitrogens with one attached hydrogen (secondary N) is 1. The fourth-order valence-electron chi connectivity index (χ4n) is 1.74. The summed E-state index contributed by atoms with van der Waals surface area (Å²) < 4.78 is 0. The monoisotopic (exact) mass is 184 g/mol. The van der Waals surface area contributed by atoms with Crippen molar-refractivity contribution >= 4 is 0 Å². The molecule has 0 spiro atoms. The zero-order chi connectivity index (χ0) is 9.90. The summed E-state index contributed by atoms with van der Waals surface area (Å²) in [6.45, 7) is 8.90. The predicted octanol–water partition coefficient (Wildman–Crippen LogP) is 1.75. The lowest BCUT2D eigenvalue weighted by molar-refractivity contribution is 0.154. The van der Waals surface area contributed by atoms with Gasteiger partial charge in [0, 0.05) is 12.6 Å². The highest BCUT2D eigenvalue weighted by Crippen LogP contribution is 2.39. The molecule has 1 rings (SSSR count). The fourth-order valence-corrected chi connectivity index (χ4v) is 1.74. The summed E-state index contributed by atoms with van der Waals surface area (Å²) in [5.74, 6) is 0.587. The van der Waals surface area contributed by atoms with Crippen LogP contribution in [0, 0.1) is 11.3 Å². The fraction of sp³-hybridized carbons (Fsp3) is 1.00. The maximum Gasteiger partial charge on any atom is 0.00482 e. The molecule has 0 aromatic carbocycles. The highest BCUT2D eigenvalue weighted by Gasteiger charge is 2.31. The second kappa shape index (κ2) is 4.43. The molecule has 1 saturated carbocycles. The van der Waals surface area contributed by atoms with E-state index in [0.717, 1.165) is 6.54 Å². The molecule has 13 heavy (non-hydrogen) atoms. The first-order chi connectivity index (χ1) is 6.03. The minimum Gasteiger partial charge on any atom is -0.328 e. The van der Waals surface area contributed by atoms with Crippen molar-refractivity contribution in [2.75, 3.05) is 13.1 Å². The zero-order valence-electron chi connectivity index (χ0n) is 9.27. The third-order valence-electron chi connectivity index (χ3n) is 3.48. The van der Waals surface area contributed by atoms with Crippen LogP contribution >= 0.6 is 0 Å². The standard InChI is InChI=1S/C11H24N2/c1-9(10(2)12)7-13-8-11(3)5-4-6-11/h9-10,13H,4-8,12H2,1-3H3. The molecule has 0 aromatic heterocycles. The molecule has 2 nitrogen and oxygen atoms in total. The first kappa shape index (κ1) is 11.0. The van der Waals surface area contributed by atoms with Gasteiger partial charge in [-0.1, -0.05) is 20.3 Å². The van der Waals surface area contributed by atoms with Crippen LogP contribution in [0.4, 0.5) is 0 Å². The average Bonchev–Trinajstić information content (AvgIpc) is 2.01. The number of hydrogen-bond donors (Lipinski definition) is 2. The molecular weight excluding hydrogens is 160 g/mol. The Hall–Kier alpha value is -0.0800. The van der Waals surface area contributed by atoms with Crippen LogP contribution in [-0.2, 0) is 0 Å². The van der Waals surface area contributed by atoms with E-state index in [0.29, 0.717) is 17.4 Å². The van der Waals surface area contributed by atoms with E-state index in [9.17, 15) is 0 Å². The Morgan fingerprint density at radius 1 is 1.38 bits per heavy atom. The maximum atomic E-state index is 5.79. The Morgan fingerprint density at radius 2 is 2.00 bits per heavy atom. The zero-order valence-corrected chi connectivity index (χ0v) is 9.27. The molecule has 2 atom stereocenters. The van der Waals surface area contributed by atoms with Crippen molar-refractivity contribution in [2.45, 2.75) is 46.1 Å². The van der Waals surface area contributed by atoms with Crippen molar-refractivity contribution in [3.05, 3.63) is 0 Å². The van der Waals surface area contributed by atoms with Gasteiger partial charge in [0.1, 0.15) is 0 Å². The Labute approximate surface area is 82.3 Å². The van der Waals surface area contributed by atoms with Crippen molar-refractivity contribution in [3.63, 3.8) is 0 Å². The molecule has 1 fully saturated rings. The first-order valence-corrected chi connectivity index (χ1v) is 5.50. The summed E-state index contributed by atoms with van der Waals surface area (Å²) in [6.07, 6.45) is 4.21. The van der Waals surface area contributed by atoms with Crippen molar-refractivity contribution in [1.29, 1.82) is 0 Å². The lowest BCUT2D eigenvalue weighted by Crippen LogP contribution is -2.41. The van der Waals surface area contributed by atoms with Crippen molar-refractivity contribution < 1.29 is 0 Å². The molecular formula is C11H24N2. The molecule has 78 valence electrons. The summed E-state index contributed by atoms with van der Waals surface area (Å²) >= 11 is 0. The van der Waals surface area contributed by atoms with Gasteiger partial charge in [-0.3, -0.25) is 0 Å². The molecule has 1 aliphatic rings. The van der Waals surface area contributed by atoms with Crippen molar-refractivity contribution in [3.8, 4) is 0 Å². The van der Waals surface area contributed by atoms with E-state index in [1.54, 1.807) is 0 Å². The molecule has 0 bridgehead atoms. The van der Waals surface area contributed by atoms with Gasteiger partial charge in [0.25, 0.3) is 0 Å². The third kappa shape index (κ3) is 3.28. The van der Waals surface area contributed by atoms with E-state index in [1.807, 2.05) is 0 Å². The van der Waals surface area contributed by atoms with Gasteiger partial charge in [0.15, 0.2) is 0 Å². The summed E-state index contributed by atoms with van der Waals surface area (Å²) in [5.41, 5.74) is 6.39. The summed E-state index contributed by atoms with van der Waals surface area (Å²) in [7, 11) is 0. The topological polar surface area (TPSA) is 38.0 Å². The van der Waals surface area contributed by atoms with E-state index in [2.05, 4.69) is 26.1 Å². The van der Waals surface area contributed by atoms with Crippen LogP contribution in [0.3, 0.4) is 0 Å². The highest BCUT2D eigenvalue weighted by molar-refractivity contribution is 4.85. The number of nitrogens with two attached hydrogens (primary N) is 1. The molecule has 0 aromatic rings.